The molecule has 4 aromatic carbocycles. The second kappa shape index (κ2) is 11.1. The molecule has 33 heavy (non-hydrogen) atoms. The first-order chi connectivity index (χ1) is 16.2. The van der Waals surface area contributed by atoms with E-state index in [-0.39, 0.29) is 0 Å². The molecule has 4 rings (SSSR count). The lowest BCUT2D eigenvalue weighted by atomic mass is 9.80. The Morgan fingerprint density at radius 2 is 1.15 bits per heavy atom. The van der Waals surface area contributed by atoms with E-state index in [1.807, 2.05) is 72.8 Å². The molecule has 0 aliphatic heterocycles. The van der Waals surface area contributed by atoms with Gasteiger partial charge >= 0.3 is 0 Å². The lowest BCUT2D eigenvalue weighted by Crippen LogP contribution is -2.33. The molecular weight excluding hydrogens is 428 g/mol. The van der Waals surface area contributed by atoms with Crippen LogP contribution in [0, 0.1) is 0 Å². The maximum atomic E-state index is 10.4. The largest absolute Gasteiger partial charge is 0.384 e. The Bertz CT molecular complexity index is 1040. The molecule has 0 heterocycles. The quantitative estimate of drug-likeness (QED) is 0.163. The Morgan fingerprint density at radius 3 is 1.61 bits per heavy atom. The molecule has 166 valence electrons. The van der Waals surface area contributed by atoms with Crippen LogP contribution in [0.4, 0.5) is 0 Å². The maximum absolute atomic E-state index is 10.4. The Kier molecular flexibility index (Phi) is 7.74. The Morgan fingerprint density at radius 1 is 0.697 bits per heavy atom. The molecule has 2 nitrogen and oxygen atoms in total. The summed E-state index contributed by atoms with van der Waals surface area (Å²) in [5, 5.41) is 11.1. The van der Waals surface area contributed by atoms with Gasteiger partial charge in [0.2, 0.25) is 0 Å². The number of hydrogen-bond donors (Lipinski definition) is 1. The molecule has 1 atom stereocenters. The van der Waals surface area contributed by atoms with Gasteiger partial charge in [0, 0.05) is 5.02 Å². The van der Waals surface area contributed by atoms with Crippen molar-refractivity contribution in [2.24, 2.45) is 0 Å². The monoisotopic (exact) mass is 454 g/mol. The van der Waals surface area contributed by atoms with Gasteiger partial charge in [0.1, 0.15) is 5.60 Å². The van der Waals surface area contributed by atoms with Gasteiger partial charge in [-0.3, -0.25) is 0 Å². The number of aliphatic hydroxyl groups excluding tert-OH is 1. The van der Waals surface area contributed by atoms with Gasteiger partial charge in [-0.15, -0.1) is 0 Å². The third kappa shape index (κ3) is 5.43. The summed E-state index contributed by atoms with van der Waals surface area (Å²) in [7, 11) is 0. The van der Waals surface area contributed by atoms with E-state index >= 15 is 0 Å². The second-order valence-electron chi connectivity index (χ2n) is 7.84. The first-order valence-electron chi connectivity index (χ1n) is 11.1. The van der Waals surface area contributed by atoms with E-state index in [2.05, 4.69) is 36.4 Å². The molecule has 0 aromatic heterocycles. The fourth-order valence-electron chi connectivity index (χ4n) is 4.04. The standard InChI is InChI=1S/C30H27ClO2/c31-28-21-19-24(20-22-28)29(32)18-10-11-23-33-30(25-12-4-1-5-13-25,26-14-6-2-7-15-26)27-16-8-3-9-17-27/h1-10,12-22,29,32H,11,23H2/b18-10+/t29-/m0/s1. The van der Waals surface area contributed by atoms with Crippen molar-refractivity contribution in [2.45, 2.75) is 18.1 Å². The van der Waals surface area contributed by atoms with Crippen LogP contribution in [0.1, 0.15) is 34.8 Å². The van der Waals surface area contributed by atoms with E-state index in [1.54, 1.807) is 18.2 Å². The molecule has 0 fully saturated rings. The molecular formula is C30H27ClO2. The minimum absolute atomic E-state index is 0.489. The van der Waals surface area contributed by atoms with Crippen LogP contribution in [-0.4, -0.2) is 11.7 Å². The van der Waals surface area contributed by atoms with Crippen LogP contribution in [0.2, 0.25) is 5.02 Å². The summed E-state index contributed by atoms with van der Waals surface area (Å²) in [6.45, 7) is 0.489. The number of halogens is 1. The zero-order valence-electron chi connectivity index (χ0n) is 18.3. The third-order valence-corrected chi connectivity index (χ3v) is 5.93. The molecule has 0 unspecified atom stereocenters. The molecule has 0 bridgehead atoms. The summed E-state index contributed by atoms with van der Waals surface area (Å²) in [6.07, 6.45) is 3.75. The van der Waals surface area contributed by atoms with Crippen molar-refractivity contribution in [3.8, 4) is 0 Å². The van der Waals surface area contributed by atoms with E-state index in [4.69, 9.17) is 16.3 Å². The van der Waals surface area contributed by atoms with E-state index in [0.29, 0.717) is 18.1 Å². The van der Waals surface area contributed by atoms with Gasteiger partial charge < -0.3 is 9.84 Å². The normalized spacial score (nSPS) is 12.7. The van der Waals surface area contributed by atoms with E-state index in [9.17, 15) is 5.11 Å². The molecule has 0 amide bonds. The van der Waals surface area contributed by atoms with Crippen LogP contribution in [0.25, 0.3) is 0 Å². The summed E-state index contributed by atoms with van der Waals surface area (Å²) < 4.78 is 6.74. The van der Waals surface area contributed by atoms with Crippen molar-refractivity contribution in [1.82, 2.24) is 0 Å². The van der Waals surface area contributed by atoms with Crippen LogP contribution >= 0.6 is 11.6 Å². The SMILES string of the molecule is O[C@@H](/C=C/CCOC(c1ccccc1)(c1ccccc1)c1ccccc1)c1ccc(Cl)cc1. The average Bonchev–Trinajstić information content (AvgIpc) is 2.88. The molecule has 3 heteroatoms. The fraction of sp³-hybridized carbons (Fsp3) is 0.133. The smallest absolute Gasteiger partial charge is 0.143 e. The Labute approximate surface area is 200 Å². The predicted molar refractivity (Wildman–Crippen MR) is 135 cm³/mol. The first-order valence-corrected chi connectivity index (χ1v) is 11.5. The Hall–Kier alpha value is -3.17. The number of aliphatic hydroxyl groups is 1. The number of rotatable bonds is 9. The van der Waals surface area contributed by atoms with Crippen LogP contribution in [0.5, 0.6) is 0 Å². The number of benzene rings is 4. The molecule has 1 N–H and O–H groups in total. The minimum Gasteiger partial charge on any atom is -0.384 e. The van der Waals surface area contributed by atoms with E-state index in [0.717, 1.165) is 22.3 Å². The van der Waals surface area contributed by atoms with Crippen molar-refractivity contribution in [2.75, 3.05) is 6.61 Å². The lowest BCUT2D eigenvalue weighted by Gasteiger charge is -2.36. The van der Waals surface area contributed by atoms with Crippen molar-refractivity contribution in [1.29, 1.82) is 0 Å². The van der Waals surface area contributed by atoms with E-state index in [1.165, 1.54) is 0 Å². The van der Waals surface area contributed by atoms with Crippen molar-refractivity contribution < 1.29 is 9.84 Å². The zero-order valence-corrected chi connectivity index (χ0v) is 19.1. The first kappa shape index (κ1) is 23.0. The molecule has 0 saturated carbocycles. The third-order valence-electron chi connectivity index (χ3n) is 5.67. The van der Waals surface area contributed by atoms with Crippen molar-refractivity contribution in [3.63, 3.8) is 0 Å². The van der Waals surface area contributed by atoms with E-state index < -0.39 is 11.7 Å². The summed E-state index contributed by atoms with van der Waals surface area (Å²) in [5.41, 5.74) is 3.31. The maximum Gasteiger partial charge on any atom is 0.143 e. The molecule has 0 spiro atoms. The number of ether oxygens (including phenoxy) is 1. The molecule has 4 aromatic rings. The highest BCUT2D eigenvalue weighted by Crippen LogP contribution is 2.40. The Balaban J connectivity index is 1.59. The number of hydrogen-bond acceptors (Lipinski definition) is 2. The van der Waals surface area contributed by atoms with Gasteiger partial charge in [0.05, 0.1) is 12.7 Å². The molecule has 0 aliphatic carbocycles. The van der Waals surface area contributed by atoms with Gasteiger partial charge in [-0.2, -0.15) is 0 Å². The van der Waals surface area contributed by atoms with Crippen molar-refractivity contribution >= 4 is 11.6 Å². The predicted octanol–water partition coefficient (Wildman–Crippen LogP) is 7.33. The summed E-state index contributed by atoms with van der Waals surface area (Å²) in [4.78, 5) is 0. The summed E-state index contributed by atoms with van der Waals surface area (Å²) >= 11 is 5.94. The zero-order chi connectivity index (χ0) is 22.9. The van der Waals surface area contributed by atoms with Crippen molar-refractivity contribution in [3.05, 3.63) is 155 Å². The van der Waals surface area contributed by atoms with Crippen LogP contribution in [-0.2, 0) is 10.3 Å². The summed E-state index contributed by atoms with van der Waals surface area (Å²) in [6, 6.07) is 38.2. The molecule has 0 saturated heterocycles. The van der Waals surface area contributed by atoms with Crippen LogP contribution in [0.3, 0.4) is 0 Å². The topological polar surface area (TPSA) is 29.5 Å². The summed E-state index contributed by atoms with van der Waals surface area (Å²) in [5.74, 6) is 0. The van der Waals surface area contributed by atoms with Crippen LogP contribution < -0.4 is 0 Å². The lowest BCUT2D eigenvalue weighted by molar-refractivity contribution is 0.0156. The van der Waals surface area contributed by atoms with Gasteiger partial charge in [-0.05, 0) is 40.8 Å². The van der Waals surface area contributed by atoms with Gasteiger partial charge in [-0.1, -0.05) is 127 Å². The van der Waals surface area contributed by atoms with Crippen LogP contribution in [0.15, 0.2) is 127 Å². The van der Waals surface area contributed by atoms with Gasteiger partial charge in [0.25, 0.3) is 0 Å². The second-order valence-corrected chi connectivity index (χ2v) is 8.28. The fourth-order valence-corrected chi connectivity index (χ4v) is 4.17. The van der Waals surface area contributed by atoms with Gasteiger partial charge in [-0.25, -0.2) is 0 Å². The minimum atomic E-state index is -0.730. The van der Waals surface area contributed by atoms with Gasteiger partial charge in [0.15, 0.2) is 0 Å². The highest BCUT2D eigenvalue weighted by Gasteiger charge is 2.37. The molecule has 0 aliphatic rings. The highest BCUT2D eigenvalue weighted by atomic mass is 35.5. The average molecular weight is 455 g/mol. The molecule has 0 radical (unpaired) electrons. The highest BCUT2D eigenvalue weighted by molar-refractivity contribution is 6.30.